The van der Waals surface area contributed by atoms with Crippen molar-refractivity contribution in [2.45, 2.75) is 13.8 Å². The molecule has 19 heavy (non-hydrogen) atoms. The molecule has 1 aromatic carbocycles. The van der Waals surface area contributed by atoms with Crippen LogP contribution in [0.25, 0.3) is 0 Å². The van der Waals surface area contributed by atoms with Gasteiger partial charge in [0, 0.05) is 17.2 Å². The van der Waals surface area contributed by atoms with Gasteiger partial charge < -0.3 is 15.2 Å². The fraction of sp³-hybridized carbons (Fsp3) is 0.231. The molecule has 0 aliphatic heterocycles. The van der Waals surface area contributed by atoms with Crippen molar-refractivity contribution >= 4 is 29.2 Å². The maximum atomic E-state index is 11.9. The maximum Gasteiger partial charge on any atom is 0.331 e. The smallest absolute Gasteiger partial charge is 0.331 e. The Bertz CT molecular complexity index is 552. The first-order valence-corrected chi connectivity index (χ1v) is 5.80. The van der Waals surface area contributed by atoms with Crippen LogP contribution in [-0.2, 0) is 9.59 Å². The third-order valence-electron chi connectivity index (χ3n) is 2.65. The van der Waals surface area contributed by atoms with Gasteiger partial charge in [-0.3, -0.25) is 4.79 Å². The number of amides is 1. The van der Waals surface area contributed by atoms with E-state index in [-0.39, 0.29) is 11.1 Å². The summed E-state index contributed by atoms with van der Waals surface area (Å²) in [7, 11) is 1.49. The summed E-state index contributed by atoms with van der Waals surface area (Å²) in [4.78, 5) is 22.7. The predicted molar refractivity (Wildman–Crippen MR) is 72.6 cm³/mol. The molecule has 0 heterocycles. The first-order chi connectivity index (χ1) is 8.86. The quantitative estimate of drug-likeness (QED) is 0.833. The van der Waals surface area contributed by atoms with Crippen LogP contribution in [0.5, 0.6) is 5.75 Å². The number of methoxy groups -OCH3 is 1. The van der Waals surface area contributed by atoms with E-state index in [1.165, 1.54) is 21.0 Å². The fourth-order valence-electron chi connectivity index (χ4n) is 1.27. The standard InChI is InChI=1S/C13H14ClNO4/c1-7(8(2)13(17)18)12(16)15-11-6-9(19-3)4-5-10(11)14/h4-6H,1-3H3,(H,15,16)(H,17,18)/b8-7-. The van der Waals surface area contributed by atoms with Crippen LogP contribution in [0.15, 0.2) is 29.3 Å². The molecule has 0 saturated heterocycles. The van der Waals surface area contributed by atoms with Crippen molar-refractivity contribution in [2.24, 2.45) is 0 Å². The zero-order valence-electron chi connectivity index (χ0n) is 10.8. The van der Waals surface area contributed by atoms with Gasteiger partial charge in [-0.25, -0.2) is 4.79 Å². The van der Waals surface area contributed by atoms with Crippen LogP contribution in [0.4, 0.5) is 5.69 Å². The number of carbonyl (C=O) groups excluding carboxylic acids is 1. The van der Waals surface area contributed by atoms with Crippen molar-refractivity contribution in [3.05, 3.63) is 34.4 Å². The molecule has 6 heteroatoms. The molecule has 0 saturated carbocycles. The number of hydrogen-bond acceptors (Lipinski definition) is 3. The minimum absolute atomic E-state index is 0.0171. The van der Waals surface area contributed by atoms with E-state index < -0.39 is 11.9 Å². The maximum absolute atomic E-state index is 11.9. The van der Waals surface area contributed by atoms with Crippen LogP contribution >= 0.6 is 11.6 Å². The highest BCUT2D eigenvalue weighted by molar-refractivity contribution is 6.34. The topological polar surface area (TPSA) is 75.6 Å². The van der Waals surface area contributed by atoms with Crippen molar-refractivity contribution < 1.29 is 19.4 Å². The van der Waals surface area contributed by atoms with Gasteiger partial charge in [-0.05, 0) is 26.0 Å². The van der Waals surface area contributed by atoms with Crippen LogP contribution in [-0.4, -0.2) is 24.1 Å². The Kier molecular flexibility index (Phi) is 4.94. The molecular formula is C13H14ClNO4. The highest BCUT2D eigenvalue weighted by atomic mass is 35.5. The molecule has 2 N–H and O–H groups in total. The monoisotopic (exact) mass is 283 g/mol. The van der Waals surface area contributed by atoms with Gasteiger partial charge in [0.2, 0.25) is 0 Å². The minimum atomic E-state index is -1.13. The number of anilines is 1. The third kappa shape index (κ3) is 3.72. The van der Waals surface area contributed by atoms with Gasteiger partial charge in [0.05, 0.1) is 17.8 Å². The van der Waals surface area contributed by atoms with Crippen molar-refractivity contribution in [1.82, 2.24) is 0 Å². The van der Waals surface area contributed by atoms with E-state index in [0.29, 0.717) is 16.5 Å². The number of carbonyl (C=O) groups is 2. The van der Waals surface area contributed by atoms with Crippen LogP contribution in [0, 0.1) is 0 Å². The van der Waals surface area contributed by atoms with Crippen LogP contribution in [0.3, 0.4) is 0 Å². The number of halogens is 1. The number of carboxylic acids is 1. The lowest BCUT2D eigenvalue weighted by molar-refractivity contribution is -0.133. The summed E-state index contributed by atoms with van der Waals surface area (Å²) in [5.41, 5.74) is 0.464. The SMILES string of the molecule is COc1ccc(Cl)c(NC(=O)/C(C)=C(/C)C(=O)O)c1. The number of rotatable bonds is 4. The average Bonchev–Trinajstić information content (AvgIpc) is 2.39. The first-order valence-electron chi connectivity index (χ1n) is 5.42. The van der Waals surface area contributed by atoms with E-state index in [4.69, 9.17) is 21.4 Å². The number of carboxylic acid groups (broad SMARTS) is 1. The van der Waals surface area contributed by atoms with Gasteiger partial charge in [-0.2, -0.15) is 0 Å². The number of nitrogens with one attached hydrogen (secondary N) is 1. The Morgan fingerprint density at radius 2 is 1.89 bits per heavy atom. The van der Waals surface area contributed by atoms with E-state index >= 15 is 0 Å². The second kappa shape index (κ2) is 6.24. The van der Waals surface area contributed by atoms with Crippen molar-refractivity contribution in [3.8, 4) is 5.75 Å². The Morgan fingerprint density at radius 1 is 1.26 bits per heavy atom. The second-order valence-electron chi connectivity index (χ2n) is 3.86. The van der Waals surface area contributed by atoms with Gasteiger partial charge in [-0.1, -0.05) is 11.6 Å². The van der Waals surface area contributed by atoms with E-state index in [9.17, 15) is 9.59 Å². The summed E-state index contributed by atoms with van der Waals surface area (Å²) in [5, 5.41) is 11.7. The van der Waals surface area contributed by atoms with Crippen molar-refractivity contribution in [3.63, 3.8) is 0 Å². The molecule has 0 bridgehead atoms. The highest BCUT2D eigenvalue weighted by Gasteiger charge is 2.14. The molecule has 0 atom stereocenters. The van der Waals surface area contributed by atoms with Gasteiger partial charge in [-0.15, -0.1) is 0 Å². The summed E-state index contributed by atoms with van der Waals surface area (Å²) >= 11 is 5.94. The number of ether oxygens (including phenoxy) is 1. The van der Waals surface area contributed by atoms with Crippen molar-refractivity contribution in [1.29, 1.82) is 0 Å². The van der Waals surface area contributed by atoms with Gasteiger partial charge in [0.15, 0.2) is 0 Å². The molecule has 1 aromatic rings. The molecule has 102 valence electrons. The van der Waals surface area contributed by atoms with E-state index in [2.05, 4.69) is 5.32 Å². The highest BCUT2D eigenvalue weighted by Crippen LogP contribution is 2.27. The predicted octanol–water partition coefficient (Wildman–Crippen LogP) is 2.71. The third-order valence-corrected chi connectivity index (χ3v) is 2.98. The molecule has 0 radical (unpaired) electrons. The average molecular weight is 284 g/mol. The lowest BCUT2D eigenvalue weighted by Gasteiger charge is -2.10. The minimum Gasteiger partial charge on any atom is -0.497 e. The number of benzene rings is 1. The zero-order valence-corrected chi connectivity index (χ0v) is 11.5. The van der Waals surface area contributed by atoms with Gasteiger partial charge in [0.1, 0.15) is 5.75 Å². The summed E-state index contributed by atoms with van der Waals surface area (Å²) in [6.45, 7) is 2.80. The summed E-state index contributed by atoms with van der Waals surface area (Å²) < 4.78 is 5.02. The van der Waals surface area contributed by atoms with E-state index in [1.54, 1.807) is 18.2 Å². The summed E-state index contributed by atoms with van der Waals surface area (Å²) in [5.74, 6) is -1.12. The van der Waals surface area contributed by atoms with E-state index in [1.807, 2.05) is 0 Å². The molecule has 0 spiro atoms. The largest absolute Gasteiger partial charge is 0.497 e. The van der Waals surface area contributed by atoms with Gasteiger partial charge in [0.25, 0.3) is 5.91 Å². The Hall–Kier alpha value is -2.01. The molecule has 1 amide bonds. The lowest BCUT2D eigenvalue weighted by atomic mass is 10.1. The lowest BCUT2D eigenvalue weighted by Crippen LogP contribution is -2.16. The zero-order chi connectivity index (χ0) is 14.6. The molecule has 0 unspecified atom stereocenters. The molecule has 1 rings (SSSR count). The van der Waals surface area contributed by atoms with Crippen molar-refractivity contribution in [2.75, 3.05) is 12.4 Å². The Morgan fingerprint density at radius 3 is 2.42 bits per heavy atom. The van der Waals surface area contributed by atoms with Crippen LogP contribution in [0.1, 0.15) is 13.8 Å². The number of hydrogen-bond donors (Lipinski definition) is 2. The Balaban J connectivity index is 3.00. The molecule has 0 fully saturated rings. The second-order valence-corrected chi connectivity index (χ2v) is 4.26. The molecule has 0 aliphatic rings. The normalized spacial score (nSPS) is 11.6. The first kappa shape index (κ1) is 15.0. The molecule has 5 nitrogen and oxygen atoms in total. The molecule has 0 aliphatic carbocycles. The van der Waals surface area contributed by atoms with Crippen LogP contribution < -0.4 is 10.1 Å². The summed E-state index contributed by atoms with van der Waals surface area (Å²) in [6, 6.07) is 4.80. The number of aliphatic carboxylic acids is 1. The van der Waals surface area contributed by atoms with E-state index in [0.717, 1.165) is 0 Å². The summed E-state index contributed by atoms with van der Waals surface area (Å²) in [6.07, 6.45) is 0. The Labute approximate surface area is 115 Å². The van der Waals surface area contributed by atoms with Gasteiger partial charge >= 0.3 is 5.97 Å². The molecular weight excluding hydrogens is 270 g/mol. The van der Waals surface area contributed by atoms with Crippen LogP contribution in [0.2, 0.25) is 5.02 Å². The molecule has 0 aromatic heterocycles. The fourth-order valence-corrected chi connectivity index (χ4v) is 1.44.